The van der Waals surface area contributed by atoms with Gasteiger partial charge in [0.25, 0.3) is 0 Å². The summed E-state index contributed by atoms with van der Waals surface area (Å²) in [6, 6.07) is 0. The van der Waals surface area contributed by atoms with Crippen LogP contribution in [0.15, 0.2) is 0 Å². The van der Waals surface area contributed by atoms with Crippen molar-refractivity contribution in [1.29, 1.82) is 0 Å². The fourth-order valence-corrected chi connectivity index (χ4v) is 1.05. The van der Waals surface area contributed by atoms with Crippen LogP contribution in [0.2, 0.25) is 0 Å². The highest BCUT2D eigenvalue weighted by Gasteiger charge is 2.24. The van der Waals surface area contributed by atoms with E-state index in [-0.39, 0.29) is 0 Å². The molecular formula is C14H26O7. The van der Waals surface area contributed by atoms with Crippen LogP contribution in [-0.4, -0.2) is 49.9 Å². The van der Waals surface area contributed by atoms with Crippen LogP contribution in [0.4, 0.5) is 9.59 Å². The molecule has 1 aliphatic rings. The molecule has 1 rings (SSSR count). The summed E-state index contributed by atoms with van der Waals surface area (Å²) < 4.78 is 23.7. The SMILES string of the molecule is C1COCCO1.CC(C)(C)OC(=O)OC(=O)OC(C)(C)C. The number of carbonyl (C=O) groups is 2. The second kappa shape index (κ2) is 8.84. The van der Waals surface area contributed by atoms with Crippen LogP contribution in [0, 0.1) is 0 Å². The Kier molecular flexibility index (Phi) is 8.27. The summed E-state index contributed by atoms with van der Waals surface area (Å²) in [7, 11) is 0. The maximum Gasteiger partial charge on any atom is 0.519 e. The molecule has 0 N–H and O–H groups in total. The van der Waals surface area contributed by atoms with E-state index in [0.717, 1.165) is 26.4 Å². The highest BCUT2D eigenvalue weighted by molar-refractivity contribution is 5.77. The number of hydrogen-bond donors (Lipinski definition) is 0. The summed E-state index contributed by atoms with van der Waals surface area (Å²) in [5.74, 6) is 0. The third kappa shape index (κ3) is 14.9. The Hall–Kier alpha value is -1.34. The van der Waals surface area contributed by atoms with Gasteiger partial charge in [0.15, 0.2) is 0 Å². The Morgan fingerprint density at radius 2 is 1.00 bits per heavy atom. The Morgan fingerprint density at radius 1 is 0.714 bits per heavy atom. The molecule has 0 aliphatic carbocycles. The van der Waals surface area contributed by atoms with Crippen LogP contribution >= 0.6 is 0 Å². The number of carbonyl (C=O) groups excluding carboxylic acids is 2. The second-order valence-corrected chi connectivity index (χ2v) is 6.26. The predicted octanol–water partition coefficient (Wildman–Crippen LogP) is 2.91. The molecule has 0 saturated carbocycles. The van der Waals surface area contributed by atoms with Crippen molar-refractivity contribution in [2.45, 2.75) is 52.7 Å². The molecule has 0 unspecified atom stereocenters. The molecule has 1 heterocycles. The van der Waals surface area contributed by atoms with E-state index < -0.39 is 23.5 Å². The molecule has 7 nitrogen and oxygen atoms in total. The minimum atomic E-state index is -1.06. The van der Waals surface area contributed by atoms with Gasteiger partial charge in [0.1, 0.15) is 11.2 Å². The Labute approximate surface area is 125 Å². The summed E-state index contributed by atoms with van der Waals surface area (Å²) in [6.45, 7) is 13.1. The summed E-state index contributed by atoms with van der Waals surface area (Å²) in [4.78, 5) is 22.0. The first-order chi connectivity index (χ1) is 9.49. The standard InChI is InChI=1S/C10H18O5.C4H8O2/c1-9(2,3)14-7(11)13-8(12)15-10(4,5)6;1-2-6-4-3-5-1/h1-6H3;1-4H2. The van der Waals surface area contributed by atoms with Crippen molar-refractivity contribution in [2.24, 2.45) is 0 Å². The van der Waals surface area contributed by atoms with Gasteiger partial charge in [-0.15, -0.1) is 0 Å². The lowest BCUT2D eigenvalue weighted by atomic mass is 10.2. The van der Waals surface area contributed by atoms with Crippen molar-refractivity contribution in [3.63, 3.8) is 0 Å². The van der Waals surface area contributed by atoms with E-state index in [1.807, 2.05) is 0 Å². The molecular weight excluding hydrogens is 280 g/mol. The molecule has 0 bridgehead atoms. The summed E-state index contributed by atoms with van der Waals surface area (Å²) in [5, 5.41) is 0. The van der Waals surface area contributed by atoms with Gasteiger partial charge in [-0.1, -0.05) is 0 Å². The molecule has 7 heteroatoms. The van der Waals surface area contributed by atoms with E-state index in [1.54, 1.807) is 41.5 Å². The van der Waals surface area contributed by atoms with Crippen LogP contribution < -0.4 is 0 Å². The van der Waals surface area contributed by atoms with E-state index in [9.17, 15) is 9.59 Å². The average Bonchev–Trinajstić information content (AvgIpc) is 2.26. The fourth-order valence-electron chi connectivity index (χ4n) is 1.05. The van der Waals surface area contributed by atoms with Crippen LogP contribution in [0.5, 0.6) is 0 Å². The summed E-state index contributed by atoms with van der Waals surface area (Å²) in [6.07, 6.45) is -2.12. The Balaban J connectivity index is 0.000000547. The monoisotopic (exact) mass is 306 g/mol. The third-order valence-corrected chi connectivity index (χ3v) is 1.69. The van der Waals surface area contributed by atoms with E-state index in [2.05, 4.69) is 4.74 Å². The Bertz CT molecular complexity index is 284. The zero-order valence-corrected chi connectivity index (χ0v) is 13.7. The maximum absolute atomic E-state index is 11.0. The van der Waals surface area contributed by atoms with Gasteiger partial charge in [-0.3, -0.25) is 0 Å². The fraction of sp³-hybridized carbons (Fsp3) is 0.857. The van der Waals surface area contributed by atoms with Crippen molar-refractivity contribution in [1.82, 2.24) is 0 Å². The molecule has 1 aliphatic heterocycles. The first-order valence-corrected chi connectivity index (χ1v) is 6.79. The molecule has 124 valence electrons. The summed E-state index contributed by atoms with van der Waals surface area (Å²) >= 11 is 0. The van der Waals surface area contributed by atoms with E-state index in [0.29, 0.717) is 0 Å². The van der Waals surface area contributed by atoms with Gasteiger partial charge >= 0.3 is 12.3 Å². The van der Waals surface area contributed by atoms with E-state index in [4.69, 9.17) is 18.9 Å². The van der Waals surface area contributed by atoms with Gasteiger partial charge < -0.3 is 23.7 Å². The van der Waals surface area contributed by atoms with Crippen LogP contribution in [0.1, 0.15) is 41.5 Å². The lowest BCUT2D eigenvalue weighted by Gasteiger charge is -2.20. The predicted molar refractivity (Wildman–Crippen MR) is 75.2 cm³/mol. The number of rotatable bonds is 0. The van der Waals surface area contributed by atoms with Crippen molar-refractivity contribution in [3.8, 4) is 0 Å². The van der Waals surface area contributed by atoms with Gasteiger partial charge in [0.2, 0.25) is 0 Å². The highest BCUT2D eigenvalue weighted by Crippen LogP contribution is 2.11. The molecule has 0 spiro atoms. The molecule has 21 heavy (non-hydrogen) atoms. The van der Waals surface area contributed by atoms with Crippen molar-refractivity contribution in [3.05, 3.63) is 0 Å². The van der Waals surface area contributed by atoms with Gasteiger partial charge in [-0.25, -0.2) is 9.59 Å². The smallest absolute Gasteiger partial charge is 0.428 e. The van der Waals surface area contributed by atoms with Crippen molar-refractivity contribution in [2.75, 3.05) is 26.4 Å². The molecule has 0 amide bonds. The third-order valence-electron chi connectivity index (χ3n) is 1.69. The molecule has 1 saturated heterocycles. The van der Waals surface area contributed by atoms with Crippen molar-refractivity contribution < 1.29 is 33.3 Å². The normalized spacial score (nSPS) is 15.3. The maximum atomic E-state index is 11.0. The zero-order valence-electron chi connectivity index (χ0n) is 13.7. The van der Waals surface area contributed by atoms with Crippen molar-refractivity contribution >= 4 is 12.3 Å². The van der Waals surface area contributed by atoms with Gasteiger partial charge in [0, 0.05) is 0 Å². The molecule has 0 radical (unpaired) electrons. The van der Waals surface area contributed by atoms with Gasteiger partial charge in [-0.2, -0.15) is 0 Å². The topological polar surface area (TPSA) is 80.3 Å². The molecule has 0 aromatic rings. The molecule has 0 atom stereocenters. The van der Waals surface area contributed by atoms with E-state index in [1.165, 1.54) is 0 Å². The quantitative estimate of drug-likeness (QED) is 0.503. The van der Waals surface area contributed by atoms with Crippen LogP contribution in [0.25, 0.3) is 0 Å². The largest absolute Gasteiger partial charge is 0.519 e. The molecule has 0 aromatic heterocycles. The first kappa shape index (κ1) is 19.7. The highest BCUT2D eigenvalue weighted by atomic mass is 16.8. The second-order valence-electron chi connectivity index (χ2n) is 6.26. The zero-order chi connectivity index (χ0) is 16.5. The summed E-state index contributed by atoms with van der Waals surface area (Å²) in [5.41, 5.74) is -1.39. The van der Waals surface area contributed by atoms with Gasteiger partial charge in [-0.05, 0) is 41.5 Å². The average molecular weight is 306 g/mol. The lowest BCUT2D eigenvalue weighted by Crippen LogP contribution is -2.29. The lowest BCUT2D eigenvalue weighted by molar-refractivity contribution is -0.0334. The number of ether oxygens (including phenoxy) is 5. The van der Waals surface area contributed by atoms with Gasteiger partial charge in [0.05, 0.1) is 26.4 Å². The molecule has 1 fully saturated rings. The minimum absolute atomic E-state index is 0.695. The molecule has 0 aromatic carbocycles. The minimum Gasteiger partial charge on any atom is -0.428 e. The first-order valence-electron chi connectivity index (χ1n) is 6.79. The van der Waals surface area contributed by atoms with Crippen LogP contribution in [0.3, 0.4) is 0 Å². The van der Waals surface area contributed by atoms with E-state index >= 15 is 0 Å². The number of hydrogen-bond acceptors (Lipinski definition) is 7. The van der Waals surface area contributed by atoms with Crippen LogP contribution in [-0.2, 0) is 23.7 Å². The Morgan fingerprint density at radius 3 is 1.19 bits per heavy atom.